The summed E-state index contributed by atoms with van der Waals surface area (Å²) in [5, 5.41) is 9.34. The molecule has 0 aliphatic carbocycles. The number of piperidine rings is 1. The second-order valence-corrected chi connectivity index (χ2v) is 11.1. The third kappa shape index (κ3) is 8.40. The van der Waals surface area contributed by atoms with Gasteiger partial charge in [-0.05, 0) is 57.8 Å². The Balaban J connectivity index is 1.11. The highest BCUT2D eigenvalue weighted by Gasteiger charge is 2.45. The molecule has 216 valence electrons. The van der Waals surface area contributed by atoms with Crippen LogP contribution in [-0.4, -0.2) is 121 Å². The summed E-state index contributed by atoms with van der Waals surface area (Å²) in [5.41, 5.74) is 0.399. The van der Waals surface area contributed by atoms with Crippen LogP contribution in [0.5, 0.6) is 0 Å². The number of likely N-dealkylation sites (tertiary alicyclic amines) is 1. The summed E-state index contributed by atoms with van der Waals surface area (Å²) in [6, 6.07) is 10.6. The number of cyclic esters (lactones) is 1. The lowest BCUT2D eigenvalue weighted by atomic mass is 9.75. The zero-order valence-electron chi connectivity index (χ0n) is 23.3. The zero-order valence-corrected chi connectivity index (χ0v) is 23.3. The van der Waals surface area contributed by atoms with Gasteiger partial charge < -0.3 is 24.4 Å². The zero-order chi connectivity index (χ0) is 27.7. The fraction of sp³-hybridized carbons (Fsp3) is 0.690. The van der Waals surface area contributed by atoms with E-state index < -0.39 is 17.4 Å². The maximum absolute atomic E-state index is 12.5. The minimum Gasteiger partial charge on any atom is -0.481 e. The number of hydrogen-bond acceptors (Lipinski definition) is 8. The van der Waals surface area contributed by atoms with Crippen LogP contribution in [0.3, 0.4) is 0 Å². The Labute approximate surface area is 231 Å². The molecule has 10 nitrogen and oxygen atoms in total. The molecule has 0 bridgehead atoms. The highest BCUT2D eigenvalue weighted by molar-refractivity contribution is 5.83. The monoisotopic (exact) mass is 544 g/mol. The van der Waals surface area contributed by atoms with E-state index in [0.29, 0.717) is 45.6 Å². The van der Waals surface area contributed by atoms with Gasteiger partial charge in [-0.15, -0.1) is 0 Å². The Bertz CT molecular complexity index is 944. The molecular weight excluding hydrogens is 500 g/mol. The molecule has 3 fully saturated rings. The molecule has 0 spiro atoms. The van der Waals surface area contributed by atoms with Gasteiger partial charge >= 0.3 is 18.0 Å². The van der Waals surface area contributed by atoms with Gasteiger partial charge in [-0.2, -0.15) is 0 Å². The van der Waals surface area contributed by atoms with E-state index in [1.807, 2.05) is 0 Å². The maximum Gasteiger partial charge on any atom is 0.410 e. The number of esters is 1. The van der Waals surface area contributed by atoms with Gasteiger partial charge in [0.2, 0.25) is 0 Å². The number of carbonyl (C=O) groups excluding carboxylic acids is 2. The van der Waals surface area contributed by atoms with Crippen molar-refractivity contribution in [2.24, 2.45) is 5.41 Å². The van der Waals surface area contributed by atoms with Crippen molar-refractivity contribution in [2.75, 3.05) is 72.1 Å². The molecule has 3 aliphatic rings. The number of carboxylic acid groups (broad SMARTS) is 1. The van der Waals surface area contributed by atoms with Gasteiger partial charge in [0, 0.05) is 45.8 Å². The number of hydrogen-bond donors (Lipinski definition) is 1. The standard InChI is InChI=1S/C29H44N4O6/c1-2-38-27(36)29(20-26(34)35)10-14-31(15-11-29)22-25-23-33(28(37)39-25)13-7-6-12-30-16-18-32(19-17-30)21-24-8-4-3-5-9-24/h3-5,8-9,25H,2,6-7,10-23H2,1H3,(H,34,35). The number of carboxylic acids is 1. The molecule has 0 radical (unpaired) electrons. The highest BCUT2D eigenvalue weighted by Crippen LogP contribution is 2.37. The van der Waals surface area contributed by atoms with E-state index in [2.05, 4.69) is 45.0 Å². The third-order valence-electron chi connectivity index (χ3n) is 8.29. The molecule has 10 heteroatoms. The summed E-state index contributed by atoms with van der Waals surface area (Å²) in [6.45, 7) is 11.4. The summed E-state index contributed by atoms with van der Waals surface area (Å²) < 4.78 is 10.8. The molecule has 3 aliphatic heterocycles. The summed E-state index contributed by atoms with van der Waals surface area (Å²) >= 11 is 0. The SMILES string of the molecule is CCOC(=O)C1(CC(=O)O)CCN(CC2CN(CCCCN3CCN(Cc4ccccc4)CC3)C(=O)O2)CC1. The molecule has 1 atom stereocenters. The first-order valence-electron chi connectivity index (χ1n) is 14.4. The second kappa shape index (κ2) is 14.1. The van der Waals surface area contributed by atoms with E-state index >= 15 is 0 Å². The van der Waals surface area contributed by atoms with Crippen molar-refractivity contribution in [1.82, 2.24) is 19.6 Å². The molecule has 0 saturated carbocycles. The first-order valence-corrected chi connectivity index (χ1v) is 14.4. The number of carbonyl (C=O) groups is 3. The minimum absolute atomic E-state index is 0.204. The number of nitrogens with zero attached hydrogens (tertiary/aromatic N) is 4. The lowest BCUT2D eigenvalue weighted by Crippen LogP contribution is -2.48. The molecule has 39 heavy (non-hydrogen) atoms. The fourth-order valence-corrected chi connectivity index (χ4v) is 5.98. The molecule has 1 aromatic rings. The van der Waals surface area contributed by atoms with E-state index in [4.69, 9.17) is 9.47 Å². The Morgan fingerprint density at radius 3 is 2.31 bits per heavy atom. The molecule has 0 aromatic heterocycles. The number of ether oxygens (including phenoxy) is 2. The van der Waals surface area contributed by atoms with Gasteiger partial charge in [-0.3, -0.25) is 19.4 Å². The average Bonchev–Trinajstić information content (AvgIpc) is 3.27. The Hall–Kier alpha value is -2.69. The van der Waals surface area contributed by atoms with E-state index in [0.717, 1.165) is 52.1 Å². The van der Waals surface area contributed by atoms with Crippen LogP contribution in [0.25, 0.3) is 0 Å². The normalized spacial score (nSPS) is 22.5. The van der Waals surface area contributed by atoms with Crippen LogP contribution in [0.4, 0.5) is 4.79 Å². The number of amides is 1. The third-order valence-corrected chi connectivity index (χ3v) is 8.29. The average molecular weight is 545 g/mol. The van der Waals surface area contributed by atoms with E-state index in [1.54, 1.807) is 11.8 Å². The Morgan fingerprint density at radius 1 is 0.974 bits per heavy atom. The second-order valence-electron chi connectivity index (χ2n) is 11.1. The van der Waals surface area contributed by atoms with Crippen molar-refractivity contribution in [1.29, 1.82) is 0 Å². The molecule has 1 N–H and O–H groups in total. The van der Waals surface area contributed by atoms with E-state index in [9.17, 15) is 19.5 Å². The van der Waals surface area contributed by atoms with Gasteiger partial charge in [0.1, 0.15) is 6.10 Å². The molecule has 1 unspecified atom stereocenters. The largest absolute Gasteiger partial charge is 0.481 e. The fourth-order valence-electron chi connectivity index (χ4n) is 5.98. The van der Waals surface area contributed by atoms with Crippen LogP contribution >= 0.6 is 0 Å². The summed E-state index contributed by atoms with van der Waals surface area (Å²) in [4.78, 5) is 45.3. The van der Waals surface area contributed by atoms with Crippen molar-refractivity contribution in [3.05, 3.63) is 35.9 Å². The molecular formula is C29H44N4O6. The van der Waals surface area contributed by atoms with Gasteiger partial charge in [0.05, 0.1) is 25.0 Å². The number of unbranched alkanes of at least 4 members (excludes halogenated alkanes) is 1. The van der Waals surface area contributed by atoms with E-state index in [-0.39, 0.29) is 25.2 Å². The number of piperazine rings is 1. The smallest absolute Gasteiger partial charge is 0.410 e. The van der Waals surface area contributed by atoms with Crippen molar-refractivity contribution in [3.63, 3.8) is 0 Å². The first-order chi connectivity index (χ1) is 18.9. The number of rotatable bonds is 13. The Kier molecular flexibility index (Phi) is 10.6. The maximum atomic E-state index is 12.5. The first kappa shape index (κ1) is 29.3. The van der Waals surface area contributed by atoms with Crippen molar-refractivity contribution >= 4 is 18.0 Å². The molecule has 3 saturated heterocycles. The van der Waals surface area contributed by atoms with Crippen molar-refractivity contribution in [3.8, 4) is 0 Å². The van der Waals surface area contributed by atoms with Crippen LogP contribution in [0, 0.1) is 5.41 Å². The molecule has 4 rings (SSSR count). The Morgan fingerprint density at radius 2 is 1.64 bits per heavy atom. The minimum atomic E-state index is -0.984. The number of benzene rings is 1. The lowest BCUT2D eigenvalue weighted by molar-refractivity contribution is -0.164. The van der Waals surface area contributed by atoms with Crippen molar-refractivity contribution in [2.45, 2.75) is 51.7 Å². The van der Waals surface area contributed by atoms with Crippen LogP contribution in [0.15, 0.2) is 30.3 Å². The molecule has 1 amide bonds. The predicted octanol–water partition coefficient (Wildman–Crippen LogP) is 2.53. The summed E-state index contributed by atoms with van der Waals surface area (Å²) in [7, 11) is 0. The quantitative estimate of drug-likeness (QED) is 0.296. The lowest BCUT2D eigenvalue weighted by Gasteiger charge is -2.39. The van der Waals surface area contributed by atoms with Gasteiger partial charge in [-0.25, -0.2) is 4.79 Å². The van der Waals surface area contributed by atoms with Crippen LogP contribution in [0.1, 0.15) is 44.6 Å². The summed E-state index contributed by atoms with van der Waals surface area (Å²) in [6.07, 6.45) is 2.20. The van der Waals surface area contributed by atoms with Crippen molar-refractivity contribution < 1.29 is 29.0 Å². The topological polar surface area (TPSA) is 103 Å². The van der Waals surface area contributed by atoms with Crippen LogP contribution < -0.4 is 0 Å². The molecule has 1 aromatic carbocycles. The molecule has 3 heterocycles. The van der Waals surface area contributed by atoms with Crippen LogP contribution in [-0.2, 0) is 25.6 Å². The predicted molar refractivity (Wildman–Crippen MR) is 146 cm³/mol. The summed E-state index contributed by atoms with van der Waals surface area (Å²) in [5.74, 6) is -1.40. The van der Waals surface area contributed by atoms with Crippen LogP contribution in [0.2, 0.25) is 0 Å². The van der Waals surface area contributed by atoms with Gasteiger partial charge in [0.25, 0.3) is 0 Å². The van der Waals surface area contributed by atoms with Gasteiger partial charge in [-0.1, -0.05) is 30.3 Å². The number of aliphatic carboxylic acids is 1. The highest BCUT2D eigenvalue weighted by atomic mass is 16.6. The van der Waals surface area contributed by atoms with E-state index in [1.165, 1.54) is 5.56 Å². The van der Waals surface area contributed by atoms with Gasteiger partial charge in [0.15, 0.2) is 0 Å².